The fourth-order valence-corrected chi connectivity index (χ4v) is 2.22. The van der Waals surface area contributed by atoms with Crippen molar-refractivity contribution in [3.63, 3.8) is 0 Å². The normalized spacial score (nSPS) is 10.8. The summed E-state index contributed by atoms with van der Waals surface area (Å²) in [6, 6.07) is 0. The Labute approximate surface area is 118 Å². The lowest BCUT2D eigenvalue weighted by Crippen LogP contribution is -1.93. The number of carboxylic acid groups (broad SMARTS) is 1. The van der Waals surface area contributed by atoms with Crippen LogP contribution in [0.4, 0.5) is 0 Å². The number of carboxylic acids is 1. The number of aliphatic carboxylic acids is 1. The van der Waals surface area contributed by atoms with Crippen LogP contribution in [-0.4, -0.2) is 24.3 Å². The van der Waals surface area contributed by atoms with Crippen LogP contribution < -0.4 is 0 Å². The molecule has 0 unspecified atom stereocenters. The number of unbranched alkanes of at least 4 members (excludes halogenated alkanes) is 10. The molecule has 0 amide bonds. The third-order valence-electron chi connectivity index (χ3n) is 3.38. The summed E-state index contributed by atoms with van der Waals surface area (Å²) in [5.41, 5.74) is 0. The van der Waals surface area contributed by atoms with Crippen LogP contribution in [0.25, 0.3) is 0 Å². The molecule has 0 saturated carbocycles. The van der Waals surface area contributed by atoms with Gasteiger partial charge in [-0.2, -0.15) is 0 Å². The first-order valence-corrected chi connectivity index (χ1v) is 8.07. The molecule has 1 N–H and O–H groups in total. The first-order chi connectivity index (χ1) is 9.27. The van der Waals surface area contributed by atoms with E-state index in [1.165, 1.54) is 57.8 Å². The number of hydrogen-bond acceptors (Lipinski definition) is 2. The first kappa shape index (κ1) is 18.4. The Balaban J connectivity index is 2.93. The van der Waals surface area contributed by atoms with E-state index in [9.17, 15) is 4.79 Å². The summed E-state index contributed by atoms with van der Waals surface area (Å²) in [5, 5.41) is 8.50. The predicted octanol–water partition coefficient (Wildman–Crippen LogP) is 4.79. The highest BCUT2D eigenvalue weighted by molar-refractivity contribution is 5.66. The molecule has 0 rings (SSSR count). The summed E-state index contributed by atoms with van der Waals surface area (Å²) in [4.78, 5) is 10.3. The fourth-order valence-electron chi connectivity index (χ4n) is 2.22. The van der Waals surface area contributed by atoms with Crippen molar-refractivity contribution >= 4 is 5.97 Å². The van der Waals surface area contributed by atoms with Crippen molar-refractivity contribution in [1.82, 2.24) is 0 Å². The lowest BCUT2D eigenvalue weighted by atomic mass is 10.1. The number of rotatable bonds is 15. The summed E-state index contributed by atoms with van der Waals surface area (Å²) in [7, 11) is 0. The molecule has 0 saturated heterocycles. The summed E-state index contributed by atoms with van der Waals surface area (Å²) in [6.45, 7) is 3.81. The van der Waals surface area contributed by atoms with E-state index in [1.807, 2.05) is 6.92 Å². The van der Waals surface area contributed by atoms with E-state index < -0.39 is 5.97 Å². The van der Waals surface area contributed by atoms with Crippen molar-refractivity contribution in [2.45, 2.75) is 84.0 Å². The molecule has 0 atom stereocenters. The van der Waals surface area contributed by atoms with Gasteiger partial charge in [0.05, 0.1) is 0 Å². The maximum Gasteiger partial charge on any atom is 0.303 e. The molecule has 0 radical (unpaired) electrons. The second kappa shape index (κ2) is 15.5. The third-order valence-corrected chi connectivity index (χ3v) is 3.38. The number of ether oxygens (including phenoxy) is 1. The molecular weight excluding hydrogens is 240 g/mol. The van der Waals surface area contributed by atoms with E-state index in [2.05, 4.69) is 0 Å². The quantitative estimate of drug-likeness (QED) is 0.436. The topological polar surface area (TPSA) is 46.5 Å². The summed E-state index contributed by atoms with van der Waals surface area (Å²) >= 11 is 0. The lowest BCUT2D eigenvalue weighted by Gasteiger charge is -2.03. The van der Waals surface area contributed by atoms with Crippen LogP contribution in [0.1, 0.15) is 84.0 Å². The highest BCUT2D eigenvalue weighted by Gasteiger charge is 1.96. The van der Waals surface area contributed by atoms with Gasteiger partial charge in [-0.1, -0.05) is 57.8 Å². The van der Waals surface area contributed by atoms with Gasteiger partial charge in [0.2, 0.25) is 0 Å². The summed E-state index contributed by atoms with van der Waals surface area (Å²) in [6.07, 6.45) is 13.9. The molecule has 114 valence electrons. The van der Waals surface area contributed by atoms with Crippen LogP contribution in [0.5, 0.6) is 0 Å². The Morgan fingerprint density at radius 3 is 1.63 bits per heavy atom. The van der Waals surface area contributed by atoms with E-state index in [0.29, 0.717) is 6.42 Å². The molecule has 0 aromatic heterocycles. The predicted molar refractivity (Wildman–Crippen MR) is 79.5 cm³/mol. The van der Waals surface area contributed by atoms with E-state index in [4.69, 9.17) is 9.84 Å². The zero-order chi connectivity index (χ0) is 14.2. The van der Waals surface area contributed by atoms with Gasteiger partial charge in [-0.05, 0) is 19.8 Å². The van der Waals surface area contributed by atoms with Crippen molar-refractivity contribution in [1.29, 1.82) is 0 Å². The van der Waals surface area contributed by atoms with E-state index in [0.717, 1.165) is 26.1 Å². The van der Waals surface area contributed by atoms with Gasteiger partial charge in [-0.3, -0.25) is 4.79 Å². The molecule has 3 heteroatoms. The minimum absolute atomic E-state index is 0.335. The van der Waals surface area contributed by atoms with Crippen LogP contribution in [0.3, 0.4) is 0 Å². The standard InChI is InChI=1S/C16H32O3/c1-2-19-15-13-11-9-7-5-3-4-6-8-10-12-14-16(17)18/h2-15H2,1H3,(H,17,18). The van der Waals surface area contributed by atoms with Crippen molar-refractivity contribution in [3.05, 3.63) is 0 Å². The average molecular weight is 272 g/mol. The summed E-state index contributed by atoms with van der Waals surface area (Å²) in [5.74, 6) is -0.663. The van der Waals surface area contributed by atoms with Gasteiger partial charge < -0.3 is 9.84 Å². The highest BCUT2D eigenvalue weighted by Crippen LogP contribution is 2.11. The number of carbonyl (C=O) groups is 1. The van der Waals surface area contributed by atoms with Gasteiger partial charge >= 0.3 is 5.97 Å². The van der Waals surface area contributed by atoms with Crippen molar-refractivity contribution in [2.75, 3.05) is 13.2 Å². The van der Waals surface area contributed by atoms with Gasteiger partial charge in [0, 0.05) is 19.6 Å². The molecule has 0 fully saturated rings. The van der Waals surface area contributed by atoms with Crippen molar-refractivity contribution in [3.8, 4) is 0 Å². The van der Waals surface area contributed by atoms with Gasteiger partial charge in [-0.15, -0.1) is 0 Å². The minimum atomic E-state index is -0.663. The van der Waals surface area contributed by atoms with Gasteiger partial charge in [0.15, 0.2) is 0 Å². The van der Waals surface area contributed by atoms with Gasteiger partial charge in [-0.25, -0.2) is 0 Å². The Hall–Kier alpha value is -0.570. The molecule has 0 aliphatic carbocycles. The molecular formula is C16H32O3. The van der Waals surface area contributed by atoms with Crippen molar-refractivity contribution in [2.24, 2.45) is 0 Å². The Morgan fingerprint density at radius 2 is 1.21 bits per heavy atom. The fraction of sp³-hybridized carbons (Fsp3) is 0.938. The van der Waals surface area contributed by atoms with E-state index in [1.54, 1.807) is 0 Å². The van der Waals surface area contributed by atoms with Crippen LogP contribution in [0.2, 0.25) is 0 Å². The Bertz CT molecular complexity index is 192. The zero-order valence-corrected chi connectivity index (χ0v) is 12.7. The average Bonchev–Trinajstić information content (AvgIpc) is 2.39. The Kier molecular flexibility index (Phi) is 15.0. The van der Waals surface area contributed by atoms with Crippen molar-refractivity contribution < 1.29 is 14.6 Å². The summed E-state index contributed by atoms with van der Waals surface area (Å²) < 4.78 is 5.30. The SMILES string of the molecule is CCOCCCCCCCCCCCCCC(=O)O. The smallest absolute Gasteiger partial charge is 0.303 e. The molecule has 19 heavy (non-hydrogen) atoms. The monoisotopic (exact) mass is 272 g/mol. The minimum Gasteiger partial charge on any atom is -0.481 e. The molecule has 0 aliphatic rings. The molecule has 0 aromatic rings. The van der Waals surface area contributed by atoms with Crippen LogP contribution in [0, 0.1) is 0 Å². The van der Waals surface area contributed by atoms with Gasteiger partial charge in [0.25, 0.3) is 0 Å². The van der Waals surface area contributed by atoms with E-state index >= 15 is 0 Å². The molecule has 0 spiro atoms. The second-order valence-electron chi connectivity index (χ2n) is 5.23. The van der Waals surface area contributed by atoms with E-state index in [-0.39, 0.29) is 0 Å². The van der Waals surface area contributed by atoms with Crippen LogP contribution in [-0.2, 0) is 9.53 Å². The highest BCUT2D eigenvalue weighted by atomic mass is 16.5. The van der Waals surface area contributed by atoms with Crippen LogP contribution >= 0.6 is 0 Å². The second-order valence-corrected chi connectivity index (χ2v) is 5.23. The molecule has 3 nitrogen and oxygen atoms in total. The van der Waals surface area contributed by atoms with Crippen LogP contribution in [0.15, 0.2) is 0 Å². The third kappa shape index (κ3) is 17.4. The Morgan fingerprint density at radius 1 is 0.789 bits per heavy atom. The lowest BCUT2D eigenvalue weighted by molar-refractivity contribution is -0.137. The maximum absolute atomic E-state index is 10.3. The maximum atomic E-state index is 10.3. The molecule has 0 aliphatic heterocycles. The largest absolute Gasteiger partial charge is 0.481 e. The van der Waals surface area contributed by atoms with Gasteiger partial charge in [0.1, 0.15) is 0 Å². The first-order valence-electron chi connectivity index (χ1n) is 8.07. The molecule has 0 heterocycles. The molecule has 0 aromatic carbocycles. The zero-order valence-electron chi connectivity index (χ0n) is 12.7. The number of hydrogen-bond donors (Lipinski definition) is 1. The molecule has 0 bridgehead atoms.